The van der Waals surface area contributed by atoms with Crippen LogP contribution in [0.1, 0.15) is 81.1 Å². The van der Waals surface area contributed by atoms with Crippen LogP contribution >= 0.6 is 0 Å². The first-order valence-corrected chi connectivity index (χ1v) is 9.52. The van der Waals surface area contributed by atoms with Crippen molar-refractivity contribution >= 4 is 0 Å². The van der Waals surface area contributed by atoms with Gasteiger partial charge in [-0.15, -0.1) is 0 Å². The Labute approximate surface area is 146 Å². The Morgan fingerprint density at radius 2 is 0.652 bits per heavy atom. The molecule has 0 fully saturated rings. The molecule has 0 aliphatic heterocycles. The second-order valence-electron chi connectivity index (χ2n) is 8.97. The van der Waals surface area contributed by atoms with Crippen molar-refractivity contribution in [1.82, 2.24) is 0 Å². The molecule has 0 saturated carbocycles. The Bertz CT molecular complexity index is 199. The highest BCUT2D eigenvalue weighted by atomic mass is 19.0. The number of rotatable bonds is 12. The Kier molecular flexibility index (Phi) is 17.1. The maximum absolute atomic E-state index is 2.38. The molecule has 0 aromatic carbocycles. The molecule has 0 aliphatic rings. The Morgan fingerprint density at radius 3 is 0.783 bits per heavy atom. The number of hydrogen-bond acceptors (Lipinski definition) is 0. The molecule has 0 heterocycles. The topological polar surface area (TPSA) is 31.5 Å². The summed E-state index contributed by atoms with van der Waals surface area (Å²) in [5.41, 5.74) is 0. The van der Waals surface area contributed by atoms with E-state index in [2.05, 4.69) is 55.4 Å². The highest BCUT2D eigenvalue weighted by molar-refractivity contribution is 4.56. The highest BCUT2D eigenvalue weighted by Crippen LogP contribution is 2.21. The summed E-state index contributed by atoms with van der Waals surface area (Å²) in [6.45, 7) is 24.6. The number of hydrogen-bond donors (Lipinski definition) is 0. The maximum atomic E-state index is 2.38. The van der Waals surface area contributed by atoms with Gasteiger partial charge in [0.2, 0.25) is 0 Å². The van der Waals surface area contributed by atoms with Crippen LogP contribution in [0.4, 0.5) is 0 Å². The molecular formula is C20H46FNO. The molecule has 0 amide bonds. The number of quaternary nitrogens is 1. The van der Waals surface area contributed by atoms with Gasteiger partial charge in [0.25, 0.3) is 0 Å². The van der Waals surface area contributed by atoms with Gasteiger partial charge in [0.05, 0.1) is 26.2 Å². The van der Waals surface area contributed by atoms with E-state index in [-0.39, 0.29) is 10.2 Å². The second kappa shape index (κ2) is 14.2. The molecule has 3 heteroatoms. The first-order valence-electron chi connectivity index (χ1n) is 9.52. The van der Waals surface area contributed by atoms with Crippen molar-refractivity contribution in [2.75, 3.05) is 26.2 Å². The Balaban J connectivity index is -0.00000200. The van der Waals surface area contributed by atoms with Crippen molar-refractivity contribution in [3.8, 4) is 0 Å². The van der Waals surface area contributed by atoms with Gasteiger partial charge in [-0.2, -0.15) is 0 Å². The molecule has 0 saturated heterocycles. The second-order valence-corrected chi connectivity index (χ2v) is 8.97. The summed E-state index contributed by atoms with van der Waals surface area (Å²) in [4.78, 5) is 0. The quantitative estimate of drug-likeness (QED) is 0.490. The van der Waals surface area contributed by atoms with E-state index in [9.17, 15) is 0 Å². The normalized spacial score (nSPS) is 12.0. The lowest BCUT2D eigenvalue weighted by Gasteiger charge is -2.41. The minimum absolute atomic E-state index is 0. The van der Waals surface area contributed by atoms with Crippen LogP contribution < -0.4 is 4.70 Å². The predicted octanol–water partition coefficient (Wildman–Crippen LogP) is 2.17. The molecule has 0 spiro atoms. The molecular weight excluding hydrogens is 289 g/mol. The molecule has 0 rings (SSSR count). The van der Waals surface area contributed by atoms with Crippen molar-refractivity contribution in [3.05, 3.63) is 0 Å². The monoisotopic (exact) mass is 335 g/mol. The molecule has 0 unspecified atom stereocenters. The zero-order chi connectivity index (χ0) is 16.5. The minimum atomic E-state index is 0. The fraction of sp³-hybridized carbons (Fsp3) is 1.00. The van der Waals surface area contributed by atoms with Crippen LogP contribution in [0.25, 0.3) is 0 Å². The summed E-state index contributed by atoms with van der Waals surface area (Å²) in [6.07, 6.45) is 5.53. The van der Waals surface area contributed by atoms with E-state index < -0.39 is 0 Å². The smallest absolute Gasteiger partial charge is 0.0789 e. The summed E-state index contributed by atoms with van der Waals surface area (Å²) in [6, 6.07) is 0. The predicted molar refractivity (Wildman–Crippen MR) is 101 cm³/mol. The van der Waals surface area contributed by atoms with Crippen molar-refractivity contribution in [2.45, 2.75) is 81.1 Å². The van der Waals surface area contributed by atoms with Crippen LogP contribution in [-0.4, -0.2) is 36.1 Å². The molecule has 0 aromatic rings. The highest BCUT2D eigenvalue weighted by Gasteiger charge is 2.27. The van der Waals surface area contributed by atoms with Gasteiger partial charge in [0, 0.05) is 0 Å². The van der Waals surface area contributed by atoms with Crippen molar-refractivity contribution in [3.63, 3.8) is 0 Å². The fourth-order valence-corrected chi connectivity index (χ4v) is 2.80. The van der Waals surface area contributed by atoms with Crippen molar-refractivity contribution < 1.29 is 14.7 Å². The molecule has 2 nitrogen and oxygen atoms in total. The van der Waals surface area contributed by atoms with E-state index >= 15 is 0 Å². The molecule has 23 heavy (non-hydrogen) atoms. The molecule has 144 valence electrons. The SMILES string of the molecule is CC(C)CC[N+](CCC(C)C)(CCC(C)C)CCC(C)C.O.[F-]. The van der Waals surface area contributed by atoms with Gasteiger partial charge in [-0.3, -0.25) is 0 Å². The van der Waals surface area contributed by atoms with Crippen LogP contribution in [0, 0.1) is 23.7 Å². The van der Waals surface area contributed by atoms with Crippen molar-refractivity contribution in [1.29, 1.82) is 0 Å². The lowest BCUT2D eigenvalue weighted by molar-refractivity contribution is -0.930. The van der Waals surface area contributed by atoms with E-state index in [1.807, 2.05) is 0 Å². The van der Waals surface area contributed by atoms with Gasteiger partial charge in [-0.1, -0.05) is 55.4 Å². The van der Waals surface area contributed by atoms with Gasteiger partial charge in [-0.05, 0) is 49.4 Å². The number of nitrogens with zero attached hydrogens (tertiary/aromatic N) is 1. The summed E-state index contributed by atoms with van der Waals surface area (Å²) < 4.78 is 1.38. The molecule has 0 aromatic heterocycles. The minimum Gasteiger partial charge on any atom is -1.00 e. The zero-order valence-corrected chi connectivity index (χ0v) is 17.3. The standard InChI is InChI=1S/C20H44N.FH.H2O/c1-17(2)9-13-21(14-10-18(3)4,15-11-19(5)6)16-12-20(7)8;;/h17-20H,9-16H2,1-8H3;1H;1H2/q+1;;/p-1. The van der Waals surface area contributed by atoms with Gasteiger partial charge in [-0.25, -0.2) is 0 Å². The Morgan fingerprint density at radius 1 is 0.478 bits per heavy atom. The summed E-state index contributed by atoms with van der Waals surface area (Å²) in [7, 11) is 0. The van der Waals surface area contributed by atoms with Gasteiger partial charge >= 0.3 is 0 Å². The summed E-state index contributed by atoms with van der Waals surface area (Å²) in [5, 5.41) is 0. The molecule has 0 aliphatic carbocycles. The van der Waals surface area contributed by atoms with Crippen LogP contribution in [0.2, 0.25) is 0 Å². The average molecular weight is 336 g/mol. The van der Waals surface area contributed by atoms with E-state index in [0.29, 0.717) is 0 Å². The van der Waals surface area contributed by atoms with E-state index in [1.54, 1.807) is 0 Å². The molecule has 0 bridgehead atoms. The average Bonchev–Trinajstić information content (AvgIpc) is 2.36. The van der Waals surface area contributed by atoms with Crippen LogP contribution in [0.5, 0.6) is 0 Å². The van der Waals surface area contributed by atoms with Gasteiger partial charge in [0.1, 0.15) is 0 Å². The van der Waals surface area contributed by atoms with E-state index in [1.165, 1.54) is 56.3 Å². The van der Waals surface area contributed by atoms with Crippen LogP contribution in [0.3, 0.4) is 0 Å². The fourth-order valence-electron chi connectivity index (χ4n) is 2.80. The largest absolute Gasteiger partial charge is 1.00 e. The maximum Gasteiger partial charge on any atom is 0.0789 e. The van der Waals surface area contributed by atoms with E-state index in [0.717, 1.165) is 23.7 Å². The molecule has 0 atom stereocenters. The molecule has 0 radical (unpaired) electrons. The van der Waals surface area contributed by atoms with Crippen LogP contribution in [-0.2, 0) is 0 Å². The van der Waals surface area contributed by atoms with E-state index in [4.69, 9.17) is 0 Å². The molecule has 2 N–H and O–H groups in total. The van der Waals surface area contributed by atoms with Gasteiger partial charge in [0.15, 0.2) is 0 Å². The van der Waals surface area contributed by atoms with Crippen molar-refractivity contribution in [2.24, 2.45) is 23.7 Å². The third-order valence-electron chi connectivity index (χ3n) is 4.72. The first kappa shape index (κ1) is 27.7. The summed E-state index contributed by atoms with van der Waals surface area (Å²) in [5.74, 6) is 3.33. The Hall–Kier alpha value is -0.150. The first-order chi connectivity index (χ1) is 9.67. The zero-order valence-electron chi connectivity index (χ0n) is 17.3. The lowest BCUT2D eigenvalue weighted by atomic mass is 10.0. The third-order valence-corrected chi connectivity index (χ3v) is 4.72. The third kappa shape index (κ3) is 15.1. The summed E-state index contributed by atoms with van der Waals surface area (Å²) >= 11 is 0. The van der Waals surface area contributed by atoms with Gasteiger partial charge < -0.3 is 14.7 Å². The van der Waals surface area contributed by atoms with Crippen LogP contribution in [0.15, 0.2) is 0 Å². The lowest BCUT2D eigenvalue weighted by Crippen LogP contribution is -3.00. The number of halogens is 1.